The van der Waals surface area contributed by atoms with Gasteiger partial charge < -0.3 is 10.1 Å². The van der Waals surface area contributed by atoms with Crippen molar-refractivity contribution in [1.82, 2.24) is 5.32 Å². The molecule has 2 heteroatoms. The SMILES string of the molecule is CCNC1CCC(C(C)(C)CC)CC1OCCC(C)C. The fourth-order valence-electron chi connectivity index (χ4n) is 3.26. The maximum Gasteiger partial charge on any atom is 0.0730 e. The van der Waals surface area contributed by atoms with Crippen molar-refractivity contribution >= 4 is 0 Å². The monoisotopic (exact) mass is 283 g/mol. The minimum Gasteiger partial charge on any atom is -0.377 e. The maximum atomic E-state index is 6.27. The first kappa shape index (κ1) is 18.0. The Labute approximate surface area is 127 Å². The van der Waals surface area contributed by atoms with Crippen molar-refractivity contribution in [3.63, 3.8) is 0 Å². The molecular formula is C18H37NO. The predicted octanol–water partition coefficient (Wildman–Crippen LogP) is 4.63. The van der Waals surface area contributed by atoms with Crippen molar-refractivity contribution in [2.75, 3.05) is 13.2 Å². The Morgan fingerprint density at radius 2 is 1.90 bits per heavy atom. The first-order chi connectivity index (χ1) is 9.40. The van der Waals surface area contributed by atoms with Crippen LogP contribution < -0.4 is 5.32 Å². The molecule has 1 aliphatic carbocycles. The number of hydrogen-bond acceptors (Lipinski definition) is 2. The minimum atomic E-state index is 0.415. The van der Waals surface area contributed by atoms with E-state index in [-0.39, 0.29) is 0 Å². The molecule has 1 fully saturated rings. The molecule has 0 spiro atoms. The van der Waals surface area contributed by atoms with Crippen molar-refractivity contribution in [2.45, 2.75) is 85.8 Å². The van der Waals surface area contributed by atoms with Gasteiger partial charge in [-0.2, -0.15) is 0 Å². The summed E-state index contributed by atoms with van der Waals surface area (Å²) in [5.74, 6) is 1.55. The third-order valence-corrected chi connectivity index (χ3v) is 5.30. The van der Waals surface area contributed by atoms with Gasteiger partial charge in [0.25, 0.3) is 0 Å². The summed E-state index contributed by atoms with van der Waals surface area (Å²) in [5, 5.41) is 3.64. The highest BCUT2D eigenvalue weighted by Crippen LogP contribution is 2.41. The largest absolute Gasteiger partial charge is 0.377 e. The number of nitrogens with one attached hydrogen (secondary N) is 1. The van der Waals surface area contributed by atoms with Gasteiger partial charge in [-0.3, -0.25) is 0 Å². The van der Waals surface area contributed by atoms with Gasteiger partial charge in [0, 0.05) is 12.6 Å². The van der Waals surface area contributed by atoms with Gasteiger partial charge in [0.2, 0.25) is 0 Å². The lowest BCUT2D eigenvalue weighted by Crippen LogP contribution is -2.47. The Morgan fingerprint density at radius 1 is 1.20 bits per heavy atom. The van der Waals surface area contributed by atoms with Crippen LogP contribution in [0.15, 0.2) is 0 Å². The van der Waals surface area contributed by atoms with Crippen LogP contribution >= 0.6 is 0 Å². The Kier molecular flexibility index (Phi) is 7.53. The average Bonchev–Trinajstić information content (AvgIpc) is 2.40. The number of likely N-dealkylation sites (N-methyl/N-ethyl adjacent to an activating group) is 1. The molecule has 1 rings (SSSR count). The Hall–Kier alpha value is -0.0800. The Bertz CT molecular complexity index is 262. The smallest absolute Gasteiger partial charge is 0.0730 e. The standard InChI is InChI=1S/C18H37NO/c1-7-18(5,6)15-9-10-16(19-8-2)17(13-15)20-12-11-14(3)4/h14-17,19H,7-13H2,1-6H3. The van der Waals surface area contributed by atoms with Crippen LogP contribution in [0.25, 0.3) is 0 Å². The van der Waals surface area contributed by atoms with Crippen molar-refractivity contribution in [3.8, 4) is 0 Å². The fourth-order valence-corrected chi connectivity index (χ4v) is 3.26. The highest BCUT2D eigenvalue weighted by atomic mass is 16.5. The highest BCUT2D eigenvalue weighted by Gasteiger charge is 2.37. The third kappa shape index (κ3) is 5.37. The predicted molar refractivity (Wildman–Crippen MR) is 88.1 cm³/mol. The molecule has 0 bridgehead atoms. The fraction of sp³-hybridized carbons (Fsp3) is 1.00. The van der Waals surface area contributed by atoms with Crippen LogP contribution in [0.2, 0.25) is 0 Å². The van der Waals surface area contributed by atoms with Crippen LogP contribution in [0.4, 0.5) is 0 Å². The molecule has 0 aliphatic heterocycles. The summed E-state index contributed by atoms with van der Waals surface area (Å²) in [5.41, 5.74) is 0.455. The second-order valence-electron chi connectivity index (χ2n) is 7.61. The van der Waals surface area contributed by atoms with Crippen LogP contribution in [0, 0.1) is 17.3 Å². The molecule has 120 valence electrons. The second kappa shape index (κ2) is 8.38. The lowest BCUT2D eigenvalue weighted by Gasteiger charge is -2.43. The van der Waals surface area contributed by atoms with Crippen molar-refractivity contribution < 1.29 is 4.74 Å². The average molecular weight is 284 g/mol. The summed E-state index contributed by atoms with van der Waals surface area (Å²) in [6.45, 7) is 15.9. The van der Waals surface area contributed by atoms with Crippen molar-refractivity contribution in [3.05, 3.63) is 0 Å². The van der Waals surface area contributed by atoms with Gasteiger partial charge in [-0.25, -0.2) is 0 Å². The maximum absolute atomic E-state index is 6.27. The van der Waals surface area contributed by atoms with Gasteiger partial charge >= 0.3 is 0 Å². The number of rotatable bonds is 8. The highest BCUT2D eigenvalue weighted by molar-refractivity contribution is 4.90. The first-order valence-corrected chi connectivity index (χ1v) is 8.75. The summed E-state index contributed by atoms with van der Waals surface area (Å²) < 4.78 is 6.27. The number of ether oxygens (including phenoxy) is 1. The summed E-state index contributed by atoms with van der Waals surface area (Å²) >= 11 is 0. The topological polar surface area (TPSA) is 21.3 Å². The van der Waals surface area contributed by atoms with E-state index >= 15 is 0 Å². The summed E-state index contributed by atoms with van der Waals surface area (Å²) in [6.07, 6.45) is 6.71. The van der Waals surface area contributed by atoms with E-state index in [1.54, 1.807) is 0 Å². The van der Waals surface area contributed by atoms with Crippen molar-refractivity contribution in [2.24, 2.45) is 17.3 Å². The van der Waals surface area contributed by atoms with Gasteiger partial charge in [-0.05, 0) is 49.5 Å². The zero-order valence-electron chi connectivity index (χ0n) is 14.7. The quantitative estimate of drug-likeness (QED) is 0.701. The molecule has 1 saturated carbocycles. The van der Waals surface area contributed by atoms with E-state index in [2.05, 4.69) is 46.9 Å². The van der Waals surface area contributed by atoms with Crippen LogP contribution in [0.3, 0.4) is 0 Å². The van der Waals surface area contributed by atoms with Gasteiger partial charge in [0.05, 0.1) is 6.10 Å². The van der Waals surface area contributed by atoms with Gasteiger partial charge in [0.15, 0.2) is 0 Å². The molecule has 20 heavy (non-hydrogen) atoms. The molecule has 2 nitrogen and oxygen atoms in total. The second-order valence-corrected chi connectivity index (χ2v) is 7.61. The lowest BCUT2D eigenvalue weighted by molar-refractivity contribution is -0.0338. The molecule has 1 N–H and O–H groups in total. The molecule has 3 atom stereocenters. The third-order valence-electron chi connectivity index (χ3n) is 5.30. The van der Waals surface area contributed by atoms with E-state index in [1.807, 2.05) is 0 Å². The molecule has 0 heterocycles. The number of hydrogen-bond donors (Lipinski definition) is 1. The molecule has 3 unspecified atom stereocenters. The van der Waals surface area contributed by atoms with E-state index in [9.17, 15) is 0 Å². The molecule has 0 aromatic rings. The van der Waals surface area contributed by atoms with Gasteiger partial charge in [-0.15, -0.1) is 0 Å². The normalized spacial score (nSPS) is 28.1. The van der Waals surface area contributed by atoms with Crippen LogP contribution in [0.1, 0.15) is 73.6 Å². The molecular weight excluding hydrogens is 246 g/mol. The zero-order valence-corrected chi connectivity index (χ0v) is 14.7. The van der Waals surface area contributed by atoms with Crippen LogP contribution in [-0.2, 0) is 4.74 Å². The van der Waals surface area contributed by atoms with E-state index in [0.29, 0.717) is 17.6 Å². The van der Waals surface area contributed by atoms with Gasteiger partial charge in [-0.1, -0.05) is 48.0 Å². The molecule has 0 aromatic carbocycles. The molecule has 0 saturated heterocycles. The minimum absolute atomic E-state index is 0.415. The van der Waals surface area contributed by atoms with E-state index in [1.165, 1.54) is 32.1 Å². The summed E-state index contributed by atoms with van der Waals surface area (Å²) in [4.78, 5) is 0. The Morgan fingerprint density at radius 3 is 2.45 bits per heavy atom. The Balaban J connectivity index is 2.57. The molecule has 0 aromatic heterocycles. The van der Waals surface area contributed by atoms with Gasteiger partial charge in [0.1, 0.15) is 0 Å². The summed E-state index contributed by atoms with van der Waals surface area (Å²) in [6, 6.07) is 0.566. The lowest BCUT2D eigenvalue weighted by atomic mass is 9.68. The van der Waals surface area contributed by atoms with Crippen LogP contribution in [0.5, 0.6) is 0 Å². The van der Waals surface area contributed by atoms with E-state index in [0.717, 1.165) is 25.0 Å². The summed E-state index contributed by atoms with van der Waals surface area (Å²) in [7, 11) is 0. The van der Waals surface area contributed by atoms with E-state index in [4.69, 9.17) is 4.74 Å². The molecule has 1 aliphatic rings. The zero-order chi connectivity index (χ0) is 15.2. The first-order valence-electron chi connectivity index (χ1n) is 8.75. The van der Waals surface area contributed by atoms with Crippen molar-refractivity contribution in [1.29, 1.82) is 0 Å². The van der Waals surface area contributed by atoms with Crippen LogP contribution in [-0.4, -0.2) is 25.3 Å². The van der Waals surface area contributed by atoms with E-state index < -0.39 is 0 Å². The molecule has 0 amide bonds. The molecule has 0 radical (unpaired) electrons.